The van der Waals surface area contributed by atoms with Crippen LogP contribution in [0.15, 0.2) is 42.5 Å². The molecule has 2 aromatic rings. The number of fused-ring (bicyclic) bond motifs is 1. The van der Waals surface area contributed by atoms with Gasteiger partial charge in [-0.2, -0.15) is 0 Å². The average molecular weight is 242 g/mol. The molecule has 0 saturated heterocycles. The fraction of sp³-hybridized carbons (Fsp3) is 0.312. The topological polar surface area (TPSA) is 37.3 Å². The van der Waals surface area contributed by atoms with E-state index in [2.05, 4.69) is 24.3 Å². The van der Waals surface area contributed by atoms with Crippen molar-refractivity contribution in [2.24, 2.45) is 11.8 Å². The number of rotatable bonds is 4. The Balaban J connectivity index is 2.29. The Labute approximate surface area is 107 Å². The van der Waals surface area contributed by atoms with Crippen LogP contribution in [0.25, 0.3) is 10.8 Å². The molecule has 0 aliphatic rings. The van der Waals surface area contributed by atoms with Gasteiger partial charge < -0.3 is 5.11 Å². The fourth-order valence-corrected chi connectivity index (χ4v) is 2.24. The first-order valence-electron chi connectivity index (χ1n) is 6.29. The number of hydrogen-bond acceptors (Lipinski definition) is 1. The molecule has 0 radical (unpaired) electrons. The Morgan fingerprint density at radius 2 is 1.78 bits per heavy atom. The van der Waals surface area contributed by atoms with Crippen LogP contribution in [0.5, 0.6) is 0 Å². The molecule has 0 aliphatic heterocycles. The lowest BCUT2D eigenvalue weighted by Crippen LogP contribution is -2.20. The molecular formula is C16H18O2. The monoisotopic (exact) mass is 242 g/mol. The Kier molecular flexibility index (Phi) is 3.66. The van der Waals surface area contributed by atoms with Crippen molar-refractivity contribution in [3.63, 3.8) is 0 Å². The Morgan fingerprint density at radius 3 is 2.50 bits per heavy atom. The van der Waals surface area contributed by atoms with Crippen LogP contribution in [0, 0.1) is 11.8 Å². The molecule has 2 atom stereocenters. The van der Waals surface area contributed by atoms with Crippen molar-refractivity contribution in [1.82, 2.24) is 0 Å². The van der Waals surface area contributed by atoms with E-state index in [-0.39, 0.29) is 11.8 Å². The molecule has 0 amide bonds. The number of carbonyl (C=O) groups is 1. The van der Waals surface area contributed by atoms with Crippen LogP contribution in [-0.4, -0.2) is 11.1 Å². The largest absolute Gasteiger partial charge is 0.481 e. The summed E-state index contributed by atoms with van der Waals surface area (Å²) in [5.74, 6) is -0.903. The van der Waals surface area contributed by atoms with Gasteiger partial charge in [0, 0.05) is 0 Å². The number of aliphatic carboxylic acids is 1. The predicted molar refractivity (Wildman–Crippen MR) is 73.6 cm³/mol. The molecule has 2 aromatic carbocycles. The molecule has 2 nitrogen and oxygen atoms in total. The fourth-order valence-electron chi connectivity index (χ4n) is 2.24. The molecule has 94 valence electrons. The molecule has 0 aromatic heterocycles. The summed E-state index contributed by atoms with van der Waals surface area (Å²) < 4.78 is 0. The summed E-state index contributed by atoms with van der Waals surface area (Å²) in [5.41, 5.74) is 1.23. The highest BCUT2D eigenvalue weighted by Gasteiger charge is 2.20. The standard InChI is InChI=1S/C16H18O2/c1-11(12(2)16(17)18)10-14-8-5-7-13-6-3-4-9-15(13)14/h3-9,11-12H,10H2,1-2H3,(H,17,18)/t11-,12-/m0/s1. The van der Waals surface area contributed by atoms with Gasteiger partial charge >= 0.3 is 5.97 Å². The van der Waals surface area contributed by atoms with Crippen molar-refractivity contribution in [1.29, 1.82) is 0 Å². The second kappa shape index (κ2) is 5.21. The lowest BCUT2D eigenvalue weighted by molar-refractivity contribution is -0.142. The van der Waals surface area contributed by atoms with Gasteiger partial charge in [-0.15, -0.1) is 0 Å². The van der Waals surface area contributed by atoms with E-state index in [0.717, 1.165) is 6.42 Å². The van der Waals surface area contributed by atoms with Crippen LogP contribution in [0.1, 0.15) is 19.4 Å². The van der Waals surface area contributed by atoms with Crippen LogP contribution in [0.2, 0.25) is 0 Å². The van der Waals surface area contributed by atoms with Gasteiger partial charge in [0.05, 0.1) is 5.92 Å². The molecule has 0 fully saturated rings. The van der Waals surface area contributed by atoms with E-state index in [1.165, 1.54) is 16.3 Å². The number of carboxylic acid groups (broad SMARTS) is 1. The van der Waals surface area contributed by atoms with Gasteiger partial charge in [0.25, 0.3) is 0 Å². The second-order valence-corrected chi connectivity index (χ2v) is 4.95. The van der Waals surface area contributed by atoms with Crippen molar-refractivity contribution in [3.05, 3.63) is 48.0 Å². The zero-order chi connectivity index (χ0) is 13.1. The molecule has 0 aliphatic carbocycles. The minimum absolute atomic E-state index is 0.133. The highest BCUT2D eigenvalue weighted by molar-refractivity contribution is 5.85. The van der Waals surface area contributed by atoms with E-state index in [0.29, 0.717) is 0 Å². The van der Waals surface area contributed by atoms with Crippen LogP contribution < -0.4 is 0 Å². The van der Waals surface area contributed by atoms with E-state index < -0.39 is 5.97 Å². The van der Waals surface area contributed by atoms with Crippen molar-refractivity contribution in [2.75, 3.05) is 0 Å². The number of benzene rings is 2. The van der Waals surface area contributed by atoms with Crippen molar-refractivity contribution < 1.29 is 9.90 Å². The van der Waals surface area contributed by atoms with Crippen LogP contribution in [0.4, 0.5) is 0 Å². The smallest absolute Gasteiger partial charge is 0.306 e. The van der Waals surface area contributed by atoms with E-state index in [4.69, 9.17) is 5.11 Å². The number of hydrogen-bond donors (Lipinski definition) is 1. The van der Waals surface area contributed by atoms with Gasteiger partial charge in [-0.05, 0) is 28.7 Å². The summed E-state index contributed by atoms with van der Waals surface area (Å²) in [4.78, 5) is 11.0. The summed E-state index contributed by atoms with van der Waals surface area (Å²) in [6, 6.07) is 14.5. The summed E-state index contributed by atoms with van der Waals surface area (Å²) in [6.45, 7) is 3.78. The minimum atomic E-state index is -0.720. The van der Waals surface area contributed by atoms with Crippen molar-refractivity contribution in [2.45, 2.75) is 20.3 Å². The Hall–Kier alpha value is -1.83. The molecule has 0 bridgehead atoms. The predicted octanol–water partition coefficient (Wildman–Crippen LogP) is 3.74. The second-order valence-electron chi connectivity index (χ2n) is 4.95. The molecule has 2 rings (SSSR count). The average Bonchev–Trinajstić information content (AvgIpc) is 2.38. The first kappa shape index (κ1) is 12.6. The molecule has 2 heteroatoms. The summed E-state index contributed by atoms with van der Waals surface area (Å²) in [5, 5.41) is 11.5. The molecular weight excluding hydrogens is 224 g/mol. The minimum Gasteiger partial charge on any atom is -0.481 e. The number of carboxylic acids is 1. The maximum atomic E-state index is 11.0. The van der Waals surface area contributed by atoms with Gasteiger partial charge in [0.15, 0.2) is 0 Å². The quantitative estimate of drug-likeness (QED) is 0.886. The third-order valence-electron chi connectivity index (χ3n) is 3.66. The van der Waals surface area contributed by atoms with Crippen molar-refractivity contribution in [3.8, 4) is 0 Å². The molecule has 0 unspecified atom stereocenters. The highest BCUT2D eigenvalue weighted by Crippen LogP contribution is 2.24. The van der Waals surface area contributed by atoms with E-state index in [1.807, 2.05) is 25.1 Å². The van der Waals surface area contributed by atoms with Gasteiger partial charge in [-0.25, -0.2) is 0 Å². The van der Waals surface area contributed by atoms with E-state index in [1.54, 1.807) is 6.92 Å². The molecule has 0 spiro atoms. The van der Waals surface area contributed by atoms with Crippen LogP contribution in [0.3, 0.4) is 0 Å². The first-order valence-corrected chi connectivity index (χ1v) is 6.29. The van der Waals surface area contributed by atoms with Crippen LogP contribution in [-0.2, 0) is 11.2 Å². The SMILES string of the molecule is C[C@H](C(=O)O)[C@@H](C)Cc1cccc2ccccc12. The van der Waals surface area contributed by atoms with Gasteiger partial charge in [0.1, 0.15) is 0 Å². The normalized spacial score (nSPS) is 14.3. The van der Waals surface area contributed by atoms with Crippen LogP contribution >= 0.6 is 0 Å². The first-order chi connectivity index (χ1) is 8.59. The molecule has 0 saturated carbocycles. The lowest BCUT2D eigenvalue weighted by Gasteiger charge is -2.17. The van der Waals surface area contributed by atoms with E-state index >= 15 is 0 Å². The van der Waals surface area contributed by atoms with Crippen molar-refractivity contribution >= 4 is 16.7 Å². The zero-order valence-electron chi connectivity index (χ0n) is 10.8. The maximum Gasteiger partial charge on any atom is 0.306 e. The van der Waals surface area contributed by atoms with Gasteiger partial charge in [-0.3, -0.25) is 4.79 Å². The molecule has 18 heavy (non-hydrogen) atoms. The molecule has 1 N–H and O–H groups in total. The molecule has 0 heterocycles. The summed E-state index contributed by atoms with van der Waals surface area (Å²) in [6.07, 6.45) is 0.800. The third-order valence-corrected chi connectivity index (χ3v) is 3.66. The zero-order valence-corrected chi connectivity index (χ0v) is 10.8. The van der Waals surface area contributed by atoms with Gasteiger partial charge in [0.2, 0.25) is 0 Å². The van der Waals surface area contributed by atoms with Gasteiger partial charge in [-0.1, -0.05) is 56.3 Å². The summed E-state index contributed by atoms with van der Waals surface area (Å²) in [7, 11) is 0. The third kappa shape index (κ3) is 2.53. The Morgan fingerprint density at radius 1 is 1.11 bits per heavy atom. The van der Waals surface area contributed by atoms with E-state index in [9.17, 15) is 4.79 Å². The summed E-state index contributed by atoms with van der Waals surface area (Å²) >= 11 is 0. The lowest BCUT2D eigenvalue weighted by atomic mass is 9.88. The Bertz CT molecular complexity index is 555. The maximum absolute atomic E-state index is 11.0. The highest BCUT2D eigenvalue weighted by atomic mass is 16.4.